The zero-order chi connectivity index (χ0) is 25.4. The van der Waals surface area contributed by atoms with Crippen LogP contribution in [0.2, 0.25) is 10.0 Å². The highest BCUT2D eigenvalue weighted by Crippen LogP contribution is 2.33. The number of pyridine rings is 1. The Morgan fingerprint density at radius 3 is 2.67 bits per heavy atom. The maximum Gasteiger partial charge on any atom is 0.274 e. The molecule has 0 saturated heterocycles. The monoisotopic (exact) mass is 607 g/mol. The Balaban J connectivity index is 1.47. The molecule has 2 saturated carbocycles. The van der Waals surface area contributed by atoms with Crippen LogP contribution in [0, 0.1) is 5.92 Å². The van der Waals surface area contributed by atoms with Crippen LogP contribution in [0.5, 0.6) is 5.88 Å². The van der Waals surface area contributed by atoms with Gasteiger partial charge in [-0.3, -0.25) is 9.59 Å². The molecule has 2 amide bonds. The van der Waals surface area contributed by atoms with Gasteiger partial charge in [0.1, 0.15) is 11.8 Å². The van der Waals surface area contributed by atoms with Crippen LogP contribution in [-0.2, 0) is 0 Å². The molecular formula is C24H20BrCl2N5O3S. The number of halogens is 3. The van der Waals surface area contributed by atoms with Crippen molar-refractivity contribution in [2.45, 2.75) is 31.8 Å². The fraction of sp³-hybridized carbons (Fsp3) is 0.292. The molecule has 2 aromatic heterocycles. The molecule has 0 spiro atoms. The highest BCUT2D eigenvalue weighted by Gasteiger charge is 2.29. The second kappa shape index (κ2) is 10.5. The van der Waals surface area contributed by atoms with Crippen LogP contribution < -0.4 is 15.4 Å². The summed E-state index contributed by atoms with van der Waals surface area (Å²) in [7, 11) is 0. The Bertz CT molecular complexity index is 1370. The van der Waals surface area contributed by atoms with E-state index in [1.165, 1.54) is 16.8 Å². The van der Waals surface area contributed by atoms with E-state index in [4.69, 9.17) is 40.2 Å². The van der Waals surface area contributed by atoms with Crippen molar-refractivity contribution in [1.29, 1.82) is 0 Å². The first kappa shape index (κ1) is 25.1. The highest BCUT2D eigenvalue weighted by molar-refractivity contribution is 9.10. The number of aromatic nitrogens is 3. The molecular weight excluding hydrogens is 589 g/mol. The van der Waals surface area contributed by atoms with E-state index < -0.39 is 5.91 Å². The van der Waals surface area contributed by atoms with E-state index in [0.29, 0.717) is 39.8 Å². The molecule has 2 heterocycles. The highest BCUT2D eigenvalue weighted by atomic mass is 79.9. The van der Waals surface area contributed by atoms with E-state index in [2.05, 4.69) is 36.6 Å². The number of nitrogens with one attached hydrogen (secondary N) is 2. The molecule has 0 unspecified atom stereocenters. The van der Waals surface area contributed by atoms with Gasteiger partial charge in [0.05, 0.1) is 16.3 Å². The number of anilines is 1. The van der Waals surface area contributed by atoms with Crippen LogP contribution in [0.3, 0.4) is 0 Å². The third-order valence-electron chi connectivity index (χ3n) is 5.84. The van der Waals surface area contributed by atoms with Crippen molar-refractivity contribution in [3.8, 4) is 11.7 Å². The quantitative estimate of drug-likeness (QED) is 0.321. The van der Waals surface area contributed by atoms with Gasteiger partial charge >= 0.3 is 0 Å². The molecule has 0 atom stereocenters. The lowest BCUT2D eigenvalue weighted by Gasteiger charge is -2.26. The third-order valence-corrected chi connectivity index (χ3v) is 7.32. The van der Waals surface area contributed by atoms with Crippen LogP contribution in [-0.4, -0.2) is 44.1 Å². The summed E-state index contributed by atoms with van der Waals surface area (Å²) in [5, 5.41) is 10.8. The Morgan fingerprint density at radius 2 is 1.97 bits per heavy atom. The predicted molar refractivity (Wildman–Crippen MR) is 145 cm³/mol. The lowest BCUT2D eigenvalue weighted by molar-refractivity contribution is 0.0952. The smallest absolute Gasteiger partial charge is 0.274 e. The van der Waals surface area contributed by atoms with E-state index in [0.717, 1.165) is 17.7 Å². The number of hydrogen-bond donors (Lipinski definition) is 2. The second-order valence-electron chi connectivity index (χ2n) is 8.69. The van der Waals surface area contributed by atoms with Crippen molar-refractivity contribution in [2.75, 3.05) is 11.9 Å². The first-order chi connectivity index (χ1) is 17.3. The zero-order valence-corrected chi connectivity index (χ0v) is 22.7. The summed E-state index contributed by atoms with van der Waals surface area (Å²) in [6.07, 6.45) is 4.97. The SMILES string of the molecule is O=C(NCC1CC1)c1cc(Cl)cc(Br)c1NC(=O)c1cc(OC2CC(=S)C2)nn1-c1ncccc1Cl. The van der Waals surface area contributed by atoms with Crippen LogP contribution >= 0.6 is 51.3 Å². The van der Waals surface area contributed by atoms with Crippen LogP contribution in [0.15, 0.2) is 41.0 Å². The second-order valence-corrected chi connectivity index (χ2v) is 11.0. The molecule has 2 fully saturated rings. The molecule has 186 valence electrons. The topological polar surface area (TPSA) is 98.1 Å². The van der Waals surface area contributed by atoms with E-state index in [-0.39, 0.29) is 40.7 Å². The van der Waals surface area contributed by atoms with Gasteiger partial charge in [0.25, 0.3) is 11.8 Å². The molecule has 3 aromatic rings. The number of carbonyl (C=O) groups is 2. The number of amides is 2. The van der Waals surface area contributed by atoms with E-state index >= 15 is 0 Å². The van der Waals surface area contributed by atoms with Crippen molar-refractivity contribution in [2.24, 2.45) is 5.92 Å². The molecule has 2 aliphatic rings. The lowest BCUT2D eigenvalue weighted by atomic mass is 9.96. The van der Waals surface area contributed by atoms with Crippen LogP contribution in [0.4, 0.5) is 5.69 Å². The fourth-order valence-electron chi connectivity index (χ4n) is 3.69. The van der Waals surface area contributed by atoms with Gasteiger partial charge in [-0.2, -0.15) is 0 Å². The van der Waals surface area contributed by atoms with Crippen LogP contribution in [0.1, 0.15) is 46.5 Å². The number of carbonyl (C=O) groups excluding carboxylic acids is 2. The first-order valence-electron chi connectivity index (χ1n) is 11.3. The molecule has 0 bridgehead atoms. The normalized spacial score (nSPS) is 15.4. The van der Waals surface area contributed by atoms with Gasteiger partial charge in [0.15, 0.2) is 5.82 Å². The molecule has 1 aromatic carbocycles. The minimum Gasteiger partial charge on any atom is -0.473 e. The summed E-state index contributed by atoms with van der Waals surface area (Å²) in [5.74, 6) is 0.137. The number of thiocarbonyl (C=S) groups is 1. The number of hydrogen-bond acceptors (Lipinski definition) is 6. The molecule has 2 N–H and O–H groups in total. The molecule has 0 aliphatic heterocycles. The number of nitrogens with zero attached hydrogens (tertiary/aromatic N) is 3. The average molecular weight is 609 g/mol. The number of rotatable bonds is 8. The van der Waals surface area contributed by atoms with E-state index in [1.54, 1.807) is 24.4 Å². The molecule has 12 heteroatoms. The summed E-state index contributed by atoms with van der Waals surface area (Å²) in [6.45, 7) is 0.576. The fourth-order valence-corrected chi connectivity index (χ4v) is 5.17. The standard InChI is InChI=1S/C24H20BrCl2N5O3S/c25-17-7-13(26)6-16(23(33)29-11-12-3-4-12)21(17)30-24(34)19-10-20(35-14-8-15(36)9-14)31-32(19)22-18(27)2-1-5-28-22/h1-2,5-7,10,12,14H,3-4,8-9,11H2,(H,29,33)(H,30,34). The Kier molecular flexibility index (Phi) is 7.30. The minimum atomic E-state index is -0.539. The van der Waals surface area contributed by atoms with Crippen molar-refractivity contribution >= 4 is 73.7 Å². The van der Waals surface area contributed by atoms with Gasteiger partial charge in [0.2, 0.25) is 5.88 Å². The summed E-state index contributed by atoms with van der Waals surface area (Å²) in [5.41, 5.74) is 0.646. The molecule has 2 aliphatic carbocycles. The molecule has 5 rings (SSSR count). The molecule has 8 nitrogen and oxygen atoms in total. The third kappa shape index (κ3) is 5.56. The van der Waals surface area contributed by atoms with Gasteiger partial charge in [-0.15, -0.1) is 5.10 Å². The maximum absolute atomic E-state index is 13.5. The van der Waals surface area contributed by atoms with Crippen molar-refractivity contribution in [3.05, 3.63) is 62.3 Å². The zero-order valence-electron chi connectivity index (χ0n) is 18.8. The summed E-state index contributed by atoms with van der Waals surface area (Å²) >= 11 is 21.2. The maximum atomic E-state index is 13.5. The van der Waals surface area contributed by atoms with E-state index in [9.17, 15) is 9.59 Å². The Hall–Kier alpha value is -2.53. The molecule has 0 radical (unpaired) electrons. The predicted octanol–water partition coefficient (Wildman–Crippen LogP) is 5.64. The van der Waals surface area contributed by atoms with Crippen molar-refractivity contribution < 1.29 is 14.3 Å². The molecule has 36 heavy (non-hydrogen) atoms. The summed E-state index contributed by atoms with van der Waals surface area (Å²) < 4.78 is 7.68. The van der Waals surface area contributed by atoms with Crippen LogP contribution in [0.25, 0.3) is 5.82 Å². The van der Waals surface area contributed by atoms with Crippen molar-refractivity contribution in [1.82, 2.24) is 20.1 Å². The Morgan fingerprint density at radius 1 is 1.19 bits per heavy atom. The van der Waals surface area contributed by atoms with Gasteiger partial charge in [0, 0.05) is 46.0 Å². The first-order valence-corrected chi connectivity index (χ1v) is 13.2. The summed E-state index contributed by atoms with van der Waals surface area (Å²) in [6, 6.07) is 7.97. The van der Waals surface area contributed by atoms with Gasteiger partial charge in [-0.1, -0.05) is 35.4 Å². The van der Waals surface area contributed by atoms with E-state index in [1.807, 2.05) is 0 Å². The summed E-state index contributed by atoms with van der Waals surface area (Å²) in [4.78, 5) is 31.7. The van der Waals surface area contributed by atoms with Gasteiger partial charge in [-0.05, 0) is 59.0 Å². The van der Waals surface area contributed by atoms with Crippen molar-refractivity contribution in [3.63, 3.8) is 0 Å². The lowest BCUT2D eigenvalue weighted by Crippen LogP contribution is -2.32. The minimum absolute atomic E-state index is 0.0943. The van der Waals surface area contributed by atoms with Gasteiger partial charge in [-0.25, -0.2) is 9.67 Å². The Labute approximate surface area is 230 Å². The average Bonchev–Trinajstić information content (AvgIpc) is 3.56. The largest absolute Gasteiger partial charge is 0.473 e. The number of ether oxygens (including phenoxy) is 1. The van der Waals surface area contributed by atoms with Gasteiger partial charge < -0.3 is 15.4 Å². The number of benzene rings is 1.